The first-order valence-corrected chi connectivity index (χ1v) is 15.4. The zero-order valence-electron chi connectivity index (χ0n) is 23.4. The number of carbonyl (C=O) groups is 2. The SMILES string of the molecule is Cc1cc(C)c(S(=O)(=O)n2cc(C(=O)COc3cc4ccc(Cl)cc4cc3C(N)=O)c3ccc(C4CC4)cc32)c(C)c1. The monoisotopic (exact) mass is 600 g/mol. The number of fused-ring (bicyclic) bond motifs is 2. The molecule has 0 spiro atoms. The van der Waals surface area contributed by atoms with Crippen LogP contribution in [0.5, 0.6) is 5.75 Å². The van der Waals surface area contributed by atoms with E-state index < -0.39 is 28.3 Å². The third kappa shape index (κ3) is 4.95. The topological polar surface area (TPSA) is 108 Å². The molecule has 6 rings (SSSR count). The summed E-state index contributed by atoms with van der Waals surface area (Å²) in [6.45, 7) is 5.06. The van der Waals surface area contributed by atoms with Crippen LogP contribution in [0, 0.1) is 20.8 Å². The molecule has 1 saturated carbocycles. The Bertz CT molecular complexity index is 2040. The zero-order valence-corrected chi connectivity index (χ0v) is 25.0. The van der Waals surface area contributed by atoms with Gasteiger partial charge in [-0.2, -0.15) is 0 Å². The van der Waals surface area contributed by atoms with Crippen LogP contribution in [-0.4, -0.2) is 30.7 Å². The Balaban J connectivity index is 1.42. The lowest BCUT2D eigenvalue weighted by atomic mass is 10.0. The first-order valence-electron chi connectivity index (χ1n) is 13.6. The van der Waals surface area contributed by atoms with Crippen molar-refractivity contribution in [3.63, 3.8) is 0 Å². The fraction of sp³-hybridized carbons (Fsp3) is 0.212. The van der Waals surface area contributed by atoms with Crippen molar-refractivity contribution in [3.8, 4) is 5.75 Å². The summed E-state index contributed by atoms with van der Waals surface area (Å²) in [5, 5.41) is 2.48. The second kappa shape index (κ2) is 10.3. The Hall–Kier alpha value is -4.14. The van der Waals surface area contributed by atoms with E-state index in [1.165, 1.54) is 10.2 Å². The van der Waals surface area contributed by atoms with Crippen LogP contribution >= 0.6 is 11.6 Å². The van der Waals surface area contributed by atoms with Crippen molar-refractivity contribution < 1.29 is 22.7 Å². The predicted molar refractivity (Wildman–Crippen MR) is 164 cm³/mol. The predicted octanol–water partition coefficient (Wildman–Crippen LogP) is 6.85. The maximum atomic E-state index is 14.1. The number of carbonyl (C=O) groups excluding carboxylic acids is 2. The highest BCUT2D eigenvalue weighted by molar-refractivity contribution is 7.90. The smallest absolute Gasteiger partial charge is 0.268 e. The number of primary amides is 1. The maximum absolute atomic E-state index is 14.1. The molecule has 1 amide bonds. The van der Waals surface area contributed by atoms with Gasteiger partial charge < -0.3 is 10.5 Å². The lowest BCUT2D eigenvalue weighted by Crippen LogP contribution is -2.17. The number of aromatic nitrogens is 1. The van der Waals surface area contributed by atoms with Crippen LogP contribution in [0.4, 0.5) is 0 Å². The van der Waals surface area contributed by atoms with E-state index in [2.05, 4.69) is 0 Å². The molecule has 0 saturated heterocycles. The van der Waals surface area contributed by atoms with Crippen molar-refractivity contribution in [2.24, 2.45) is 5.73 Å². The van der Waals surface area contributed by atoms with Gasteiger partial charge in [0.15, 0.2) is 6.61 Å². The van der Waals surface area contributed by atoms with Crippen molar-refractivity contribution in [1.29, 1.82) is 0 Å². The summed E-state index contributed by atoms with van der Waals surface area (Å²) in [5.41, 5.74) is 9.68. The number of ketones is 1. The minimum atomic E-state index is -4.04. The highest BCUT2D eigenvalue weighted by Crippen LogP contribution is 2.42. The third-order valence-electron chi connectivity index (χ3n) is 7.79. The van der Waals surface area contributed by atoms with Gasteiger partial charge in [0.2, 0.25) is 5.78 Å². The van der Waals surface area contributed by atoms with Gasteiger partial charge in [-0.1, -0.05) is 47.5 Å². The molecule has 42 heavy (non-hydrogen) atoms. The molecule has 5 aromatic rings. The molecule has 1 aromatic heterocycles. The number of aryl methyl sites for hydroxylation is 3. The number of rotatable bonds is 8. The molecular weight excluding hydrogens is 572 g/mol. The molecule has 4 aromatic carbocycles. The molecule has 2 N–H and O–H groups in total. The van der Waals surface area contributed by atoms with E-state index in [-0.39, 0.29) is 21.8 Å². The fourth-order valence-electron chi connectivity index (χ4n) is 5.76. The van der Waals surface area contributed by atoms with Crippen LogP contribution in [0.1, 0.15) is 61.7 Å². The molecule has 7 nitrogen and oxygen atoms in total. The number of ether oxygens (including phenoxy) is 1. The highest BCUT2D eigenvalue weighted by Gasteiger charge is 2.29. The minimum absolute atomic E-state index is 0.113. The number of nitrogens with two attached hydrogens (primary N) is 1. The normalized spacial score (nSPS) is 13.5. The van der Waals surface area contributed by atoms with Crippen LogP contribution in [0.2, 0.25) is 5.02 Å². The molecule has 0 aliphatic heterocycles. The van der Waals surface area contributed by atoms with Crippen LogP contribution in [0.15, 0.2) is 71.8 Å². The van der Waals surface area contributed by atoms with Gasteiger partial charge in [-0.05, 0) is 97.3 Å². The molecule has 0 bridgehead atoms. The zero-order chi connectivity index (χ0) is 29.9. The van der Waals surface area contributed by atoms with Gasteiger partial charge in [0.1, 0.15) is 5.75 Å². The number of nitrogens with zero attached hydrogens (tertiary/aromatic N) is 1. The molecule has 1 fully saturated rings. The number of hydrogen-bond acceptors (Lipinski definition) is 5. The van der Waals surface area contributed by atoms with E-state index in [1.807, 2.05) is 37.3 Å². The van der Waals surface area contributed by atoms with Crippen LogP contribution in [0.3, 0.4) is 0 Å². The molecule has 9 heteroatoms. The lowest BCUT2D eigenvalue weighted by Gasteiger charge is -2.14. The second-order valence-electron chi connectivity index (χ2n) is 11.0. The van der Waals surface area contributed by atoms with E-state index in [1.54, 1.807) is 44.2 Å². The van der Waals surface area contributed by atoms with Gasteiger partial charge in [0.05, 0.1) is 16.0 Å². The average molecular weight is 601 g/mol. The number of halogens is 1. The minimum Gasteiger partial charge on any atom is -0.485 e. The van der Waals surface area contributed by atoms with Crippen molar-refractivity contribution >= 4 is 55.0 Å². The van der Waals surface area contributed by atoms with E-state index in [9.17, 15) is 18.0 Å². The van der Waals surface area contributed by atoms with Gasteiger partial charge in [-0.25, -0.2) is 12.4 Å². The van der Waals surface area contributed by atoms with E-state index in [0.29, 0.717) is 38.4 Å². The summed E-state index contributed by atoms with van der Waals surface area (Å²) >= 11 is 6.10. The molecule has 1 heterocycles. The Morgan fingerprint density at radius 3 is 2.31 bits per heavy atom. The summed E-state index contributed by atoms with van der Waals surface area (Å²) in [4.78, 5) is 26.1. The van der Waals surface area contributed by atoms with Crippen LogP contribution in [-0.2, 0) is 10.0 Å². The Kier molecular flexibility index (Phi) is 6.86. The van der Waals surface area contributed by atoms with E-state index in [0.717, 1.165) is 29.4 Å². The van der Waals surface area contributed by atoms with Gasteiger partial charge >= 0.3 is 0 Å². The quantitative estimate of drug-likeness (QED) is 0.196. The van der Waals surface area contributed by atoms with E-state index in [4.69, 9.17) is 22.1 Å². The van der Waals surface area contributed by atoms with Crippen LogP contribution in [0.25, 0.3) is 21.7 Å². The number of Topliss-reactive ketones (excluding diaryl/α,β-unsaturated/α-hetero) is 1. The molecule has 0 atom stereocenters. The Morgan fingerprint density at radius 1 is 0.929 bits per heavy atom. The fourth-order valence-corrected chi connectivity index (χ4v) is 7.72. The van der Waals surface area contributed by atoms with Crippen molar-refractivity contribution in [1.82, 2.24) is 3.97 Å². The Morgan fingerprint density at radius 2 is 1.64 bits per heavy atom. The summed E-state index contributed by atoms with van der Waals surface area (Å²) < 4.78 is 35.4. The molecule has 1 aliphatic carbocycles. The average Bonchev–Trinajstić information content (AvgIpc) is 3.70. The lowest BCUT2D eigenvalue weighted by molar-refractivity contribution is 0.0914. The van der Waals surface area contributed by atoms with Crippen LogP contribution < -0.4 is 10.5 Å². The van der Waals surface area contributed by atoms with Gasteiger partial charge in [0, 0.05) is 22.2 Å². The molecule has 0 unspecified atom stereocenters. The standard InChI is InChI=1S/C33H29ClN2O5S/c1-18-10-19(2)32(20(3)11-18)42(39,40)36-16-28(26-9-7-22(14-29(26)36)21-4-5-21)30(37)17-41-31-15-23-6-8-25(34)12-24(23)13-27(31)33(35)38/h6-16,21H,4-5,17H2,1-3H3,(H2,35,38). The second-order valence-corrected chi connectivity index (χ2v) is 13.2. The third-order valence-corrected chi connectivity index (χ3v) is 10.0. The molecular formula is C33H29ClN2O5S. The van der Waals surface area contributed by atoms with Crippen molar-refractivity contribution in [2.75, 3.05) is 6.61 Å². The largest absolute Gasteiger partial charge is 0.485 e. The summed E-state index contributed by atoms with van der Waals surface area (Å²) in [7, 11) is -4.04. The van der Waals surface area contributed by atoms with Crippen molar-refractivity contribution in [2.45, 2.75) is 44.4 Å². The Labute approximate surface area is 248 Å². The van der Waals surface area contributed by atoms with Gasteiger partial charge in [-0.3, -0.25) is 9.59 Å². The summed E-state index contributed by atoms with van der Waals surface area (Å²) in [6, 6.07) is 17.7. The summed E-state index contributed by atoms with van der Waals surface area (Å²) in [5.74, 6) is -0.597. The molecule has 1 aliphatic rings. The van der Waals surface area contributed by atoms with E-state index >= 15 is 0 Å². The maximum Gasteiger partial charge on any atom is 0.268 e. The first-order chi connectivity index (χ1) is 19.9. The molecule has 0 radical (unpaired) electrons. The number of benzene rings is 4. The van der Waals surface area contributed by atoms with Gasteiger partial charge in [-0.15, -0.1) is 0 Å². The van der Waals surface area contributed by atoms with Gasteiger partial charge in [0.25, 0.3) is 15.9 Å². The number of amides is 1. The summed E-state index contributed by atoms with van der Waals surface area (Å²) in [6.07, 6.45) is 3.49. The number of hydrogen-bond donors (Lipinski definition) is 1. The van der Waals surface area contributed by atoms with Crippen molar-refractivity contribution in [3.05, 3.63) is 105 Å². The highest BCUT2D eigenvalue weighted by atomic mass is 35.5. The first kappa shape index (κ1) is 28.0. The molecule has 214 valence electrons.